The predicted molar refractivity (Wildman–Crippen MR) is 69.2 cm³/mol. The highest BCUT2D eigenvalue weighted by Crippen LogP contribution is 2.05. The van der Waals surface area contributed by atoms with E-state index in [1.54, 1.807) is 18.3 Å². The van der Waals surface area contributed by atoms with Crippen LogP contribution in [0.15, 0.2) is 18.3 Å². The molecule has 18 heavy (non-hydrogen) atoms. The van der Waals surface area contributed by atoms with Gasteiger partial charge in [0.1, 0.15) is 5.69 Å². The molecule has 6 heteroatoms. The maximum Gasteiger partial charge on any atom is 0.269 e. The number of nitrogens with one attached hydrogen (secondary N) is 2. The second-order valence-corrected chi connectivity index (χ2v) is 3.83. The Morgan fingerprint density at radius 3 is 2.67 bits per heavy atom. The van der Waals surface area contributed by atoms with E-state index >= 15 is 0 Å². The predicted octanol–water partition coefficient (Wildman–Crippen LogP) is 0.509. The molecular formula is C12H18N4O2. The third-order valence-corrected chi connectivity index (χ3v) is 2.23. The SMILES string of the molecule is CCCNc1ccc(C(=O)NCCC(N)=O)nc1. The summed E-state index contributed by atoms with van der Waals surface area (Å²) in [5, 5.41) is 5.73. The van der Waals surface area contributed by atoms with Crippen molar-refractivity contribution in [2.75, 3.05) is 18.4 Å². The molecule has 0 saturated heterocycles. The molecule has 0 spiro atoms. The summed E-state index contributed by atoms with van der Waals surface area (Å²) in [6.45, 7) is 3.17. The summed E-state index contributed by atoms with van der Waals surface area (Å²) < 4.78 is 0. The summed E-state index contributed by atoms with van der Waals surface area (Å²) in [6, 6.07) is 3.43. The van der Waals surface area contributed by atoms with E-state index in [1.807, 2.05) is 0 Å². The third kappa shape index (κ3) is 4.82. The highest BCUT2D eigenvalue weighted by molar-refractivity contribution is 5.92. The van der Waals surface area contributed by atoms with Crippen LogP contribution in [0.5, 0.6) is 0 Å². The van der Waals surface area contributed by atoms with Gasteiger partial charge in [0, 0.05) is 19.5 Å². The number of carbonyl (C=O) groups excluding carboxylic acids is 2. The first-order valence-electron chi connectivity index (χ1n) is 5.90. The molecule has 0 atom stereocenters. The number of rotatable bonds is 7. The van der Waals surface area contributed by atoms with Gasteiger partial charge in [-0.3, -0.25) is 9.59 Å². The largest absolute Gasteiger partial charge is 0.384 e. The Hall–Kier alpha value is -2.11. The quantitative estimate of drug-likeness (QED) is 0.656. The van der Waals surface area contributed by atoms with Gasteiger partial charge in [0.25, 0.3) is 5.91 Å². The molecule has 0 radical (unpaired) electrons. The smallest absolute Gasteiger partial charge is 0.269 e. The first-order chi connectivity index (χ1) is 8.63. The molecule has 1 heterocycles. The average molecular weight is 250 g/mol. The molecule has 1 rings (SSSR count). The summed E-state index contributed by atoms with van der Waals surface area (Å²) in [6.07, 6.45) is 2.76. The van der Waals surface area contributed by atoms with Crippen LogP contribution in [-0.2, 0) is 4.79 Å². The zero-order chi connectivity index (χ0) is 13.4. The van der Waals surface area contributed by atoms with Crippen molar-refractivity contribution in [1.29, 1.82) is 0 Å². The first kappa shape index (κ1) is 14.0. The second-order valence-electron chi connectivity index (χ2n) is 3.83. The number of carbonyl (C=O) groups is 2. The van der Waals surface area contributed by atoms with Crippen LogP contribution in [0.2, 0.25) is 0 Å². The minimum Gasteiger partial charge on any atom is -0.384 e. The van der Waals surface area contributed by atoms with E-state index in [0.29, 0.717) is 5.69 Å². The van der Waals surface area contributed by atoms with Gasteiger partial charge in [-0.15, -0.1) is 0 Å². The summed E-state index contributed by atoms with van der Waals surface area (Å²) in [5.74, 6) is -0.749. The van der Waals surface area contributed by atoms with E-state index in [2.05, 4.69) is 22.5 Å². The van der Waals surface area contributed by atoms with Crippen molar-refractivity contribution in [2.45, 2.75) is 19.8 Å². The van der Waals surface area contributed by atoms with Crippen LogP contribution < -0.4 is 16.4 Å². The van der Waals surface area contributed by atoms with Gasteiger partial charge in [-0.05, 0) is 18.6 Å². The molecule has 0 fully saturated rings. The fourth-order valence-electron chi connectivity index (χ4n) is 1.29. The Morgan fingerprint density at radius 2 is 2.11 bits per heavy atom. The van der Waals surface area contributed by atoms with Crippen LogP contribution in [0.4, 0.5) is 5.69 Å². The summed E-state index contributed by atoms with van der Waals surface area (Å²) >= 11 is 0. The number of hydrogen-bond donors (Lipinski definition) is 3. The molecule has 1 aromatic rings. The van der Waals surface area contributed by atoms with E-state index in [4.69, 9.17) is 5.73 Å². The van der Waals surface area contributed by atoms with Crippen LogP contribution in [-0.4, -0.2) is 29.9 Å². The molecule has 0 aromatic carbocycles. The molecule has 0 bridgehead atoms. The molecule has 6 nitrogen and oxygen atoms in total. The minimum absolute atomic E-state index is 0.127. The highest BCUT2D eigenvalue weighted by atomic mass is 16.2. The van der Waals surface area contributed by atoms with Crippen molar-refractivity contribution in [3.63, 3.8) is 0 Å². The molecule has 2 amide bonds. The highest BCUT2D eigenvalue weighted by Gasteiger charge is 2.06. The molecule has 0 aliphatic rings. The average Bonchev–Trinajstić information content (AvgIpc) is 2.36. The minimum atomic E-state index is -0.442. The van der Waals surface area contributed by atoms with Gasteiger partial charge in [-0.1, -0.05) is 6.92 Å². The molecule has 0 saturated carbocycles. The molecule has 98 valence electrons. The Kier molecular flexibility index (Phi) is 5.63. The van der Waals surface area contributed by atoms with Crippen LogP contribution in [0.25, 0.3) is 0 Å². The van der Waals surface area contributed by atoms with Gasteiger partial charge in [0.2, 0.25) is 5.91 Å². The fourth-order valence-corrected chi connectivity index (χ4v) is 1.29. The monoisotopic (exact) mass is 250 g/mol. The van der Waals surface area contributed by atoms with Crippen molar-refractivity contribution in [3.05, 3.63) is 24.0 Å². The van der Waals surface area contributed by atoms with Crippen molar-refractivity contribution in [3.8, 4) is 0 Å². The Bertz CT molecular complexity index is 403. The van der Waals surface area contributed by atoms with Crippen molar-refractivity contribution >= 4 is 17.5 Å². The van der Waals surface area contributed by atoms with Gasteiger partial charge < -0.3 is 16.4 Å². The third-order valence-electron chi connectivity index (χ3n) is 2.23. The van der Waals surface area contributed by atoms with Gasteiger partial charge in [0.15, 0.2) is 0 Å². The Labute approximate surface area is 106 Å². The number of pyridine rings is 1. The molecular weight excluding hydrogens is 232 g/mol. The summed E-state index contributed by atoms with van der Waals surface area (Å²) in [7, 11) is 0. The van der Waals surface area contributed by atoms with Gasteiger partial charge in [-0.2, -0.15) is 0 Å². The van der Waals surface area contributed by atoms with Crippen molar-refractivity contribution in [2.24, 2.45) is 5.73 Å². The standard InChI is InChI=1S/C12H18N4O2/c1-2-6-14-9-3-4-10(16-8-9)12(18)15-7-5-11(13)17/h3-4,8,14H,2,5-7H2,1H3,(H2,13,17)(H,15,18). The lowest BCUT2D eigenvalue weighted by Gasteiger charge is -2.06. The van der Waals surface area contributed by atoms with E-state index in [1.165, 1.54) is 0 Å². The molecule has 0 aliphatic heterocycles. The van der Waals surface area contributed by atoms with E-state index in [-0.39, 0.29) is 18.9 Å². The maximum atomic E-state index is 11.6. The maximum absolute atomic E-state index is 11.6. The normalized spacial score (nSPS) is 9.83. The number of anilines is 1. The van der Waals surface area contributed by atoms with Crippen LogP contribution >= 0.6 is 0 Å². The van der Waals surface area contributed by atoms with Crippen LogP contribution in [0, 0.1) is 0 Å². The Balaban J connectivity index is 2.46. The van der Waals surface area contributed by atoms with Crippen LogP contribution in [0.3, 0.4) is 0 Å². The van der Waals surface area contributed by atoms with Crippen LogP contribution in [0.1, 0.15) is 30.3 Å². The molecule has 1 aromatic heterocycles. The lowest BCUT2D eigenvalue weighted by Crippen LogP contribution is -2.28. The first-order valence-corrected chi connectivity index (χ1v) is 5.90. The number of nitrogens with two attached hydrogens (primary N) is 1. The number of primary amides is 1. The lowest BCUT2D eigenvalue weighted by molar-refractivity contribution is -0.117. The van der Waals surface area contributed by atoms with Crippen molar-refractivity contribution < 1.29 is 9.59 Å². The zero-order valence-electron chi connectivity index (χ0n) is 10.4. The molecule has 0 unspecified atom stereocenters. The number of aromatic nitrogens is 1. The molecule has 0 aliphatic carbocycles. The summed E-state index contributed by atoms with van der Waals surface area (Å²) in [4.78, 5) is 26.2. The lowest BCUT2D eigenvalue weighted by atomic mass is 10.3. The van der Waals surface area contributed by atoms with E-state index < -0.39 is 5.91 Å². The molecule has 4 N–H and O–H groups in total. The van der Waals surface area contributed by atoms with Gasteiger partial charge in [-0.25, -0.2) is 4.98 Å². The zero-order valence-corrected chi connectivity index (χ0v) is 10.4. The number of amides is 2. The fraction of sp³-hybridized carbons (Fsp3) is 0.417. The number of hydrogen-bond acceptors (Lipinski definition) is 4. The number of nitrogens with zero attached hydrogens (tertiary/aromatic N) is 1. The van der Waals surface area contributed by atoms with Gasteiger partial charge in [0.05, 0.1) is 11.9 Å². The van der Waals surface area contributed by atoms with E-state index in [0.717, 1.165) is 18.7 Å². The van der Waals surface area contributed by atoms with E-state index in [9.17, 15) is 9.59 Å². The van der Waals surface area contributed by atoms with Gasteiger partial charge >= 0.3 is 0 Å². The topological polar surface area (TPSA) is 97.1 Å². The second kappa shape index (κ2) is 7.26. The summed E-state index contributed by atoms with van der Waals surface area (Å²) in [5.41, 5.74) is 6.17. The van der Waals surface area contributed by atoms with Crippen molar-refractivity contribution in [1.82, 2.24) is 10.3 Å². The Morgan fingerprint density at radius 1 is 1.33 bits per heavy atom.